The second-order valence-electron chi connectivity index (χ2n) is 24.7. The Morgan fingerprint density at radius 3 is 1.96 bits per heavy atom. The topological polar surface area (TPSA) is 466 Å². The summed E-state index contributed by atoms with van der Waals surface area (Å²) < 4.78 is 0. The molecule has 2 saturated heterocycles. The number of aromatic hydroxyl groups is 1. The van der Waals surface area contributed by atoms with Crippen LogP contribution in [0.15, 0.2) is 115 Å². The molecule has 2 fully saturated rings. The molecular weight excluding hydrogens is 1250 g/mol. The number of likely N-dealkylation sites (N-methyl/N-ethyl adjacent to an activating group) is 1. The SMILES string of the molecule is CC(C)C[C@H](NC(=O)[C@@H](Cc1ccc2ccccc2c1)NC(=O)[C@H](Cc1ccc(O)cc1)NC(=O)[C@H](CO)NC(=O)[C@H](Cc1c[nH]c2ccccc12)NC(=O)[C@H](Cc1cnc[nH]1)N(C)C(=O)[C@@H]1CCC(=O)N1)C(=O)N[C@@H](CCCN=C(N)N)C(=O)N1CCC[C@H]1C(=O)NCC(N)=O. The number of fused-ring (bicyclic) bond motifs is 2. The number of nitrogens with one attached hydrogen (secondary N) is 10. The van der Waals surface area contributed by atoms with Crippen molar-refractivity contribution in [3.05, 3.63) is 132 Å². The molecule has 6 aromatic rings. The highest BCUT2D eigenvalue weighted by atomic mass is 16.3. The van der Waals surface area contributed by atoms with Crippen LogP contribution in [0.3, 0.4) is 0 Å². The van der Waals surface area contributed by atoms with Gasteiger partial charge in [0.1, 0.15) is 60.1 Å². The molecule has 0 unspecified atom stereocenters. The molecule has 9 atom stereocenters. The number of nitrogens with zero attached hydrogens (tertiary/aromatic N) is 4. The molecule has 97 heavy (non-hydrogen) atoms. The predicted octanol–water partition coefficient (Wildman–Crippen LogP) is -1.28. The van der Waals surface area contributed by atoms with Gasteiger partial charge >= 0.3 is 0 Å². The summed E-state index contributed by atoms with van der Waals surface area (Å²) >= 11 is 0. The zero-order chi connectivity index (χ0) is 69.9. The van der Waals surface area contributed by atoms with E-state index in [0.29, 0.717) is 39.7 Å². The minimum atomic E-state index is -1.80. The van der Waals surface area contributed by atoms with Gasteiger partial charge < -0.3 is 89.7 Å². The van der Waals surface area contributed by atoms with Gasteiger partial charge in [0.2, 0.25) is 65.0 Å². The molecule has 4 heterocycles. The number of aliphatic hydroxyl groups excluding tert-OH is 1. The monoisotopic (exact) mass is 1340 g/mol. The Hall–Kier alpha value is -10.9. The number of primary amides is 1. The summed E-state index contributed by atoms with van der Waals surface area (Å²) in [4.78, 5) is 171. The van der Waals surface area contributed by atoms with Gasteiger partial charge in [0.05, 0.1) is 19.5 Å². The van der Waals surface area contributed by atoms with Crippen LogP contribution in [0, 0.1) is 5.92 Å². The number of carbonyl (C=O) groups is 11. The third-order valence-corrected chi connectivity index (χ3v) is 17.0. The third kappa shape index (κ3) is 20.1. The predicted molar refractivity (Wildman–Crippen MR) is 356 cm³/mol. The lowest BCUT2D eigenvalue weighted by atomic mass is 9.98. The highest BCUT2D eigenvalue weighted by Gasteiger charge is 2.41. The lowest BCUT2D eigenvalue weighted by molar-refractivity contribution is -0.142. The number of carbonyl (C=O) groups excluding carboxylic acids is 11. The summed E-state index contributed by atoms with van der Waals surface area (Å²) in [6, 6.07) is 13.6. The number of aliphatic hydroxyl groups is 1. The van der Waals surface area contributed by atoms with Gasteiger partial charge in [-0.25, -0.2) is 4.98 Å². The van der Waals surface area contributed by atoms with Crippen LogP contribution in [-0.4, -0.2) is 194 Å². The van der Waals surface area contributed by atoms with Crippen LogP contribution in [0.4, 0.5) is 0 Å². The summed E-state index contributed by atoms with van der Waals surface area (Å²) in [5.74, 6) is -8.87. The number of phenolic OH excluding ortho intramolecular Hbond substituents is 1. The zero-order valence-corrected chi connectivity index (χ0v) is 54.2. The van der Waals surface area contributed by atoms with E-state index in [0.717, 1.165) is 10.8 Å². The van der Waals surface area contributed by atoms with E-state index >= 15 is 9.59 Å². The summed E-state index contributed by atoms with van der Waals surface area (Å²) in [7, 11) is 1.40. The lowest BCUT2D eigenvalue weighted by Crippen LogP contribution is -2.61. The van der Waals surface area contributed by atoms with Gasteiger partial charge in [0, 0.05) is 81.2 Å². The number of likely N-dealkylation sites (tertiary alicyclic amines) is 1. The van der Waals surface area contributed by atoms with Crippen molar-refractivity contribution < 1.29 is 63.0 Å². The third-order valence-electron chi connectivity index (χ3n) is 17.0. The molecule has 2 aromatic heterocycles. The number of hydrogen-bond donors (Lipinski definition) is 15. The Kier molecular flexibility index (Phi) is 25.2. The summed E-state index contributed by atoms with van der Waals surface area (Å²) in [6.07, 6.45) is 4.98. The van der Waals surface area contributed by atoms with Crippen molar-refractivity contribution in [2.75, 3.05) is 33.3 Å². The van der Waals surface area contributed by atoms with Crippen molar-refractivity contribution in [3.8, 4) is 5.75 Å². The van der Waals surface area contributed by atoms with E-state index < -0.39 is 127 Å². The number of hydrogen-bond acceptors (Lipinski definition) is 15. The van der Waals surface area contributed by atoms with Crippen molar-refractivity contribution in [1.29, 1.82) is 0 Å². The Morgan fingerprint density at radius 2 is 1.31 bits per heavy atom. The van der Waals surface area contributed by atoms with Crippen molar-refractivity contribution in [3.63, 3.8) is 0 Å². The van der Waals surface area contributed by atoms with Crippen molar-refractivity contribution >= 4 is 92.6 Å². The maximum atomic E-state index is 15.1. The van der Waals surface area contributed by atoms with E-state index in [1.807, 2.05) is 42.5 Å². The van der Waals surface area contributed by atoms with Crippen LogP contribution in [0.25, 0.3) is 21.7 Å². The Balaban J connectivity index is 1.06. The standard InChI is InChI=1S/C67H85N17O13/c1-37(2)26-49(58(89)77-47(14-8-24-72-67(69)70)66(97)84-25-9-15-54(84)63(94)74-34-56(68)87)78-60(91)51(29-39-16-19-40-10-4-5-11-41(40)27-39)79-59(90)50(28-38-17-20-44(86)21-18-38)80-62(93)53(35-85)82-61(92)52(30-42-32-73-46-13-7-6-12-45(42)46)81-64(95)55(31-43-33-71-36-75-43)83(3)65(96)48-22-23-57(88)76-48/h4-7,10-13,16-21,27,32-33,36-37,47-55,73,85-86H,8-9,14-15,22-26,28-31,34-35H2,1-3H3,(H2,68,87)(H,71,75)(H,74,94)(H,76,88)(H,77,89)(H,78,91)(H,79,90)(H,80,93)(H,81,95)(H,82,92)(H4,69,70,72)/t47-,48-,49-,50-,51+,52-,53-,54-,55-/m0/s1. The molecule has 18 N–H and O–H groups in total. The van der Waals surface area contributed by atoms with Gasteiger partial charge in [0.15, 0.2) is 5.96 Å². The zero-order valence-electron chi connectivity index (χ0n) is 54.2. The van der Waals surface area contributed by atoms with E-state index in [1.54, 1.807) is 44.3 Å². The summed E-state index contributed by atoms with van der Waals surface area (Å²) in [5.41, 5.74) is 19.2. The number of phenols is 1. The number of aromatic nitrogens is 3. The average Bonchev–Trinajstić information content (AvgIpc) is 1.81. The fourth-order valence-corrected chi connectivity index (χ4v) is 11.9. The first-order chi connectivity index (χ1) is 46.4. The van der Waals surface area contributed by atoms with Gasteiger partial charge in [-0.15, -0.1) is 0 Å². The minimum absolute atomic E-state index is 0.00756. The Bertz CT molecular complexity index is 3840. The van der Waals surface area contributed by atoms with Crippen LogP contribution in [0.5, 0.6) is 5.75 Å². The van der Waals surface area contributed by atoms with Crippen LogP contribution >= 0.6 is 0 Å². The minimum Gasteiger partial charge on any atom is -0.508 e. The first-order valence-corrected chi connectivity index (χ1v) is 32.1. The van der Waals surface area contributed by atoms with Crippen molar-refractivity contribution in [2.24, 2.45) is 28.1 Å². The Morgan fingerprint density at radius 1 is 0.701 bits per heavy atom. The highest BCUT2D eigenvalue weighted by molar-refractivity contribution is 6.00. The molecule has 0 aliphatic carbocycles. The largest absolute Gasteiger partial charge is 0.508 e. The van der Waals surface area contributed by atoms with Crippen molar-refractivity contribution in [1.82, 2.24) is 67.3 Å². The molecule has 0 saturated carbocycles. The second kappa shape index (κ2) is 34.0. The van der Waals surface area contributed by atoms with Gasteiger partial charge in [-0.3, -0.25) is 57.7 Å². The number of H-pyrrole nitrogens is 2. The maximum Gasteiger partial charge on any atom is 0.245 e. The maximum absolute atomic E-state index is 15.1. The molecule has 30 nitrogen and oxygen atoms in total. The first-order valence-electron chi connectivity index (χ1n) is 32.1. The van der Waals surface area contributed by atoms with E-state index in [9.17, 15) is 53.4 Å². The van der Waals surface area contributed by atoms with Gasteiger partial charge in [-0.05, 0) is 90.1 Å². The number of nitrogens with two attached hydrogens (primary N) is 3. The van der Waals surface area contributed by atoms with Crippen molar-refractivity contribution in [2.45, 2.75) is 139 Å². The van der Waals surface area contributed by atoms with E-state index in [4.69, 9.17) is 17.2 Å². The lowest BCUT2D eigenvalue weighted by Gasteiger charge is -2.31. The normalized spacial score (nSPS) is 16.5. The van der Waals surface area contributed by atoms with Gasteiger partial charge in [0.25, 0.3) is 0 Å². The number of guanidine groups is 1. The fraction of sp³-hybridized carbons (Fsp3) is 0.418. The Labute approximate surface area is 558 Å². The second-order valence-corrected chi connectivity index (χ2v) is 24.7. The molecule has 2 aliphatic rings. The number of aromatic amines is 2. The number of amides is 11. The quantitative estimate of drug-likeness (QED) is 0.0130. The van der Waals surface area contributed by atoms with E-state index in [-0.39, 0.29) is 101 Å². The average molecular weight is 1340 g/mol. The summed E-state index contributed by atoms with van der Waals surface area (Å²) in [6.45, 7) is 2.34. The van der Waals surface area contributed by atoms with Gasteiger partial charge in [-0.2, -0.15) is 0 Å². The van der Waals surface area contributed by atoms with Crippen LogP contribution in [0.1, 0.15) is 81.2 Å². The number of para-hydroxylation sites is 1. The molecule has 11 amide bonds. The summed E-state index contributed by atoms with van der Waals surface area (Å²) in [5, 5.41) is 45.1. The first kappa shape index (κ1) is 71.9. The molecular formula is C67H85N17O13. The number of rotatable bonds is 33. The van der Waals surface area contributed by atoms with E-state index in [2.05, 4.69) is 62.5 Å². The number of imidazole rings is 1. The smallest absolute Gasteiger partial charge is 0.245 e. The van der Waals surface area contributed by atoms with Crippen LogP contribution in [-0.2, 0) is 78.4 Å². The molecule has 516 valence electrons. The molecule has 0 radical (unpaired) electrons. The molecule has 0 bridgehead atoms. The van der Waals surface area contributed by atoms with Crippen LogP contribution < -0.4 is 59.7 Å². The molecule has 4 aromatic carbocycles. The fourth-order valence-electron chi connectivity index (χ4n) is 11.9. The number of aliphatic imine (C=N–C) groups is 1. The van der Waals surface area contributed by atoms with E-state index in [1.165, 1.54) is 53.6 Å². The highest BCUT2D eigenvalue weighted by Crippen LogP contribution is 2.24. The van der Waals surface area contributed by atoms with Gasteiger partial charge in [-0.1, -0.05) is 86.6 Å². The molecule has 0 spiro atoms. The number of benzene rings is 4. The molecule has 30 heteroatoms. The molecule has 8 rings (SSSR count). The van der Waals surface area contributed by atoms with Crippen LogP contribution in [0.2, 0.25) is 0 Å². The molecule has 2 aliphatic heterocycles.